The van der Waals surface area contributed by atoms with Crippen LogP contribution in [0.25, 0.3) is 0 Å². The van der Waals surface area contributed by atoms with E-state index in [2.05, 4.69) is 10.5 Å². The van der Waals surface area contributed by atoms with Crippen LogP contribution < -0.4 is 10.1 Å². The van der Waals surface area contributed by atoms with Gasteiger partial charge in [-0.3, -0.25) is 4.79 Å². The quantitative estimate of drug-likeness (QED) is 0.898. The lowest BCUT2D eigenvalue weighted by Gasteiger charge is -2.34. The van der Waals surface area contributed by atoms with Crippen LogP contribution in [-0.2, 0) is 12.0 Å². The van der Waals surface area contributed by atoms with E-state index >= 15 is 0 Å². The molecule has 1 aliphatic rings. The molecule has 2 N–H and O–H groups in total. The first-order valence-electron chi connectivity index (χ1n) is 8.05. The lowest BCUT2D eigenvalue weighted by Crippen LogP contribution is -2.43. The van der Waals surface area contributed by atoms with Crippen LogP contribution in [0.1, 0.15) is 45.8 Å². The molecule has 128 valence electrons. The first kappa shape index (κ1) is 16.5. The number of rotatable bonds is 4. The summed E-state index contributed by atoms with van der Waals surface area (Å²) in [5.41, 5.74) is 1.83. The van der Waals surface area contributed by atoms with Crippen molar-refractivity contribution < 1.29 is 19.2 Å². The van der Waals surface area contributed by atoms with Gasteiger partial charge < -0.3 is 19.7 Å². The largest absolute Gasteiger partial charge is 0.497 e. The van der Waals surface area contributed by atoms with Crippen molar-refractivity contribution in [2.45, 2.75) is 38.7 Å². The number of methoxy groups -OCH3 is 1. The summed E-state index contributed by atoms with van der Waals surface area (Å²) in [5, 5.41) is 17.7. The van der Waals surface area contributed by atoms with E-state index in [-0.39, 0.29) is 12.5 Å². The molecule has 0 spiro atoms. The van der Waals surface area contributed by atoms with Gasteiger partial charge >= 0.3 is 0 Å². The number of fused-ring (bicyclic) bond motifs is 1. The number of aromatic nitrogens is 1. The minimum atomic E-state index is -1.07. The highest BCUT2D eigenvalue weighted by atomic mass is 16.5. The van der Waals surface area contributed by atoms with Crippen LogP contribution in [0.5, 0.6) is 5.75 Å². The van der Waals surface area contributed by atoms with Crippen molar-refractivity contribution in [1.82, 2.24) is 10.5 Å². The number of aryl methyl sites for hydroxylation is 3. The van der Waals surface area contributed by atoms with Gasteiger partial charge in [-0.15, -0.1) is 0 Å². The number of hydrogen-bond donors (Lipinski definition) is 2. The molecule has 1 atom stereocenters. The number of ether oxygens (including phenoxy) is 1. The Hall–Kier alpha value is -2.34. The SMILES string of the molecule is COc1ccc2c(c1)CCCC2(O)CNC(=O)c1c(C)noc1C. The summed E-state index contributed by atoms with van der Waals surface area (Å²) in [6, 6.07) is 5.68. The van der Waals surface area contributed by atoms with Gasteiger partial charge in [-0.2, -0.15) is 0 Å². The highest BCUT2D eigenvalue weighted by Crippen LogP contribution is 2.36. The Bertz CT molecular complexity index is 749. The van der Waals surface area contributed by atoms with Gasteiger partial charge in [0.15, 0.2) is 0 Å². The van der Waals surface area contributed by atoms with Crippen LogP contribution in [0.15, 0.2) is 22.7 Å². The van der Waals surface area contributed by atoms with E-state index in [1.54, 1.807) is 21.0 Å². The van der Waals surface area contributed by atoms with Crippen LogP contribution in [0.2, 0.25) is 0 Å². The third-order valence-electron chi connectivity index (χ3n) is 4.65. The molecule has 1 aliphatic carbocycles. The molecule has 0 radical (unpaired) electrons. The fourth-order valence-electron chi connectivity index (χ4n) is 3.37. The van der Waals surface area contributed by atoms with Crippen molar-refractivity contribution in [3.63, 3.8) is 0 Å². The van der Waals surface area contributed by atoms with Gasteiger partial charge in [0.1, 0.15) is 22.7 Å². The van der Waals surface area contributed by atoms with Crippen LogP contribution in [-0.4, -0.2) is 29.8 Å². The minimum Gasteiger partial charge on any atom is -0.497 e. The van der Waals surface area contributed by atoms with E-state index in [0.717, 1.165) is 29.7 Å². The van der Waals surface area contributed by atoms with E-state index in [4.69, 9.17) is 9.26 Å². The summed E-state index contributed by atoms with van der Waals surface area (Å²) in [6.07, 6.45) is 2.36. The average molecular weight is 330 g/mol. The second kappa shape index (κ2) is 6.28. The van der Waals surface area contributed by atoms with E-state index in [1.165, 1.54) is 0 Å². The topological polar surface area (TPSA) is 84.6 Å². The van der Waals surface area contributed by atoms with Gasteiger partial charge in [0, 0.05) is 0 Å². The number of nitrogens with zero attached hydrogens (tertiary/aromatic N) is 1. The maximum Gasteiger partial charge on any atom is 0.256 e. The molecule has 0 aliphatic heterocycles. The monoisotopic (exact) mass is 330 g/mol. The summed E-state index contributed by atoms with van der Waals surface area (Å²) in [5.74, 6) is 0.976. The molecule has 0 saturated heterocycles. The van der Waals surface area contributed by atoms with Crippen LogP contribution >= 0.6 is 0 Å². The maximum atomic E-state index is 12.4. The van der Waals surface area contributed by atoms with Gasteiger partial charge in [-0.05, 0) is 56.4 Å². The molecular weight excluding hydrogens is 308 g/mol. The Labute approximate surface area is 140 Å². The Kier molecular flexibility index (Phi) is 4.32. The zero-order chi connectivity index (χ0) is 17.3. The molecule has 3 rings (SSSR count). The second-order valence-corrected chi connectivity index (χ2v) is 6.29. The van der Waals surface area contributed by atoms with Crippen molar-refractivity contribution in [1.29, 1.82) is 0 Å². The minimum absolute atomic E-state index is 0.148. The van der Waals surface area contributed by atoms with E-state index < -0.39 is 5.60 Å². The molecule has 6 nitrogen and oxygen atoms in total. The first-order valence-corrected chi connectivity index (χ1v) is 8.05. The fourth-order valence-corrected chi connectivity index (χ4v) is 3.37. The van der Waals surface area contributed by atoms with Gasteiger partial charge in [-0.1, -0.05) is 11.2 Å². The number of amides is 1. The van der Waals surface area contributed by atoms with E-state index in [0.29, 0.717) is 23.4 Å². The van der Waals surface area contributed by atoms with Gasteiger partial charge in [0.05, 0.1) is 19.3 Å². The summed E-state index contributed by atoms with van der Waals surface area (Å²) in [6.45, 7) is 3.57. The lowest BCUT2D eigenvalue weighted by atomic mass is 9.79. The highest BCUT2D eigenvalue weighted by molar-refractivity contribution is 5.96. The maximum absolute atomic E-state index is 12.4. The summed E-state index contributed by atoms with van der Waals surface area (Å²) < 4.78 is 10.3. The molecule has 0 saturated carbocycles. The van der Waals surface area contributed by atoms with Gasteiger partial charge in [0.25, 0.3) is 5.91 Å². The molecule has 0 bridgehead atoms. The zero-order valence-electron chi connectivity index (χ0n) is 14.2. The van der Waals surface area contributed by atoms with Crippen molar-refractivity contribution in [2.75, 3.05) is 13.7 Å². The number of carbonyl (C=O) groups excluding carboxylic acids is 1. The molecule has 24 heavy (non-hydrogen) atoms. The zero-order valence-corrected chi connectivity index (χ0v) is 14.2. The number of hydrogen-bond acceptors (Lipinski definition) is 5. The normalized spacial score (nSPS) is 19.7. The third-order valence-corrected chi connectivity index (χ3v) is 4.65. The van der Waals surface area contributed by atoms with Crippen LogP contribution in [0.3, 0.4) is 0 Å². The first-order chi connectivity index (χ1) is 11.4. The average Bonchev–Trinajstić information content (AvgIpc) is 2.91. The summed E-state index contributed by atoms with van der Waals surface area (Å²) in [4.78, 5) is 12.4. The van der Waals surface area contributed by atoms with Gasteiger partial charge in [-0.25, -0.2) is 0 Å². The van der Waals surface area contributed by atoms with E-state index in [1.807, 2.05) is 18.2 Å². The van der Waals surface area contributed by atoms with Crippen LogP contribution in [0.4, 0.5) is 0 Å². The Morgan fingerprint density at radius 3 is 2.92 bits per heavy atom. The number of benzene rings is 1. The van der Waals surface area contributed by atoms with Crippen molar-refractivity contribution in [3.8, 4) is 5.75 Å². The predicted octanol–water partition coefficient (Wildman–Crippen LogP) is 2.25. The number of aliphatic hydroxyl groups is 1. The van der Waals surface area contributed by atoms with Gasteiger partial charge in [0.2, 0.25) is 0 Å². The molecule has 1 heterocycles. The highest BCUT2D eigenvalue weighted by Gasteiger charge is 2.35. The molecule has 1 aromatic heterocycles. The molecule has 0 fully saturated rings. The lowest BCUT2D eigenvalue weighted by molar-refractivity contribution is 0.0188. The van der Waals surface area contributed by atoms with Crippen molar-refractivity contribution in [3.05, 3.63) is 46.3 Å². The standard InChI is InChI=1S/C18H22N2O4/c1-11-16(12(2)24-20-11)17(21)19-10-18(22)8-4-5-13-9-14(23-3)6-7-15(13)18/h6-7,9,22H,4-5,8,10H2,1-3H3,(H,19,21). The number of nitrogens with one attached hydrogen (secondary N) is 1. The van der Waals surface area contributed by atoms with Crippen LogP contribution in [0, 0.1) is 13.8 Å². The summed E-state index contributed by atoms with van der Waals surface area (Å²) >= 11 is 0. The molecule has 1 unspecified atom stereocenters. The Balaban J connectivity index is 1.80. The number of carbonyl (C=O) groups is 1. The Morgan fingerprint density at radius 2 is 2.25 bits per heavy atom. The fraction of sp³-hybridized carbons (Fsp3) is 0.444. The molecule has 1 aromatic carbocycles. The molecule has 6 heteroatoms. The smallest absolute Gasteiger partial charge is 0.256 e. The van der Waals surface area contributed by atoms with Crippen molar-refractivity contribution >= 4 is 5.91 Å². The predicted molar refractivity (Wildman–Crippen MR) is 88.1 cm³/mol. The second-order valence-electron chi connectivity index (χ2n) is 6.29. The van der Waals surface area contributed by atoms with E-state index in [9.17, 15) is 9.90 Å². The summed E-state index contributed by atoms with van der Waals surface area (Å²) in [7, 11) is 1.63. The Morgan fingerprint density at radius 1 is 1.46 bits per heavy atom. The molecule has 2 aromatic rings. The molecular formula is C18H22N2O4. The third kappa shape index (κ3) is 2.89. The molecule has 1 amide bonds. The van der Waals surface area contributed by atoms with Crippen molar-refractivity contribution in [2.24, 2.45) is 0 Å².